The summed E-state index contributed by atoms with van der Waals surface area (Å²) in [4.78, 5) is 11.2. The zero-order valence-corrected chi connectivity index (χ0v) is 19.5. The molecule has 0 saturated carbocycles. The van der Waals surface area contributed by atoms with Crippen LogP contribution in [0.4, 0.5) is 4.39 Å². The van der Waals surface area contributed by atoms with Gasteiger partial charge in [-0.1, -0.05) is 12.1 Å². The Balaban J connectivity index is 0.00000364. The smallest absolute Gasteiger partial charge is 0.191 e. The topological polar surface area (TPSA) is 52.6 Å². The summed E-state index contributed by atoms with van der Waals surface area (Å²) in [5, 5.41) is 9.78. The summed E-state index contributed by atoms with van der Waals surface area (Å²) in [6.07, 6.45) is 0.857. The van der Waals surface area contributed by atoms with E-state index in [1.54, 1.807) is 23.5 Å². The first-order valence-corrected chi connectivity index (χ1v) is 9.72. The van der Waals surface area contributed by atoms with Crippen molar-refractivity contribution in [1.82, 2.24) is 20.5 Å². The highest BCUT2D eigenvalue weighted by Crippen LogP contribution is 2.19. The van der Waals surface area contributed by atoms with Crippen molar-refractivity contribution < 1.29 is 4.39 Å². The molecule has 1 atom stereocenters. The van der Waals surface area contributed by atoms with Crippen LogP contribution in [0.15, 0.2) is 34.6 Å². The largest absolute Gasteiger partial charge is 0.357 e. The summed E-state index contributed by atoms with van der Waals surface area (Å²) in [7, 11) is 3.96. The molecular formula is C19H29FIN5S. The molecule has 0 spiro atoms. The van der Waals surface area contributed by atoms with Crippen LogP contribution in [-0.2, 0) is 6.42 Å². The lowest BCUT2D eigenvalue weighted by atomic mass is 10.1. The summed E-state index contributed by atoms with van der Waals surface area (Å²) in [5.41, 5.74) is 2.02. The number of hydrogen-bond donors (Lipinski definition) is 2. The van der Waals surface area contributed by atoms with Crippen LogP contribution >= 0.6 is 35.3 Å². The Hall–Kier alpha value is -1.26. The van der Waals surface area contributed by atoms with Crippen molar-refractivity contribution in [1.29, 1.82) is 0 Å². The SMILES string of the molecule is CCNC(=NCC(c1cccc(F)c1)N(C)C)NCCc1csc(C)n1.I. The van der Waals surface area contributed by atoms with E-state index in [2.05, 4.69) is 30.9 Å². The van der Waals surface area contributed by atoms with Gasteiger partial charge in [0.1, 0.15) is 5.82 Å². The van der Waals surface area contributed by atoms with E-state index in [1.165, 1.54) is 6.07 Å². The average Bonchev–Trinajstić information content (AvgIpc) is 3.00. The molecule has 5 nitrogen and oxygen atoms in total. The maximum Gasteiger partial charge on any atom is 0.191 e. The Bertz CT molecular complexity index is 720. The molecule has 2 aromatic rings. The van der Waals surface area contributed by atoms with Gasteiger partial charge in [0.2, 0.25) is 0 Å². The third-order valence-electron chi connectivity index (χ3n) is 3.96. The number of aryl methyl sites for hydroxylation is 1. The third-order valence-corrected chi connectivity index (χ3v) is 4.79. The maximum atomic E-state index is 13.6. The van der Waals surface area contributed by atoms with Gasteiger partial charge < -0.3 is 15.5 Å². The molecule has 8 heteroatoms. The van der Waals surface area contributed by atoms with Crippen LogP contribution in [0, 0.1) is 12.7 Å². The second-order valence-electron chi connectivity index (χ2n) is 6.29. The lowest BCUT2D eigenvalue weighted by Crippen LogP contribution is -2.39. The molecular weight excluding hydrogens is 476 g/mol. The summed E-state index contributed by atoms with van der Waals surface area (Å²) < 4.78 is 13.6. The second kappa shape index (κ2) is 12.2. The molecule has 1 aromatic carbocycles. The molecule has 0 saturated heterocycles. The fourth-order valence-corrected chi connectivity index (χ4v) is 3.28. The normalized spacial score (nSPS) is 12.6. The Labute approximate surface area is 182 Å². The molecule has 0 amide bonds. The standard InChI is InChI=1S/C19H28FN5S.HI/c1-5-21-19(22-10-9-17-13-26-14(2)24-17)23-12-18(25(3)4)15-7-6-8-16(20)11-15;/h6-8,11,13,18H,5,9-10,12H2,1-4H3,(H2,21,22,23);1H. The van der Waals surface area contributed by atoms with Crippen LogP contribution in [0.5, 0.6) is 0 Å². The number of guanidine groups is 1. The minimum Gasteiger partial charge on any atom is -0.357 e. The fourth-order valence-electron chi connectivity index (χ4n) is 2.63. The van der Waals surface area contributed by atoms with Crippen molar-refractivity contribution in [2.24, 2.45) is 4.99 Å². The Kier molecular flexibility index (Phi) is 10.8. The predicted octanol–water partition coefficient (Wildman–Crippen LogP) is 3.61. The van der Waals surface area contributed by atoms with Crippen molar-refractivity contribution in [3.8, 4) is 0 Å². The molecule has 2 rings (SSSR count). The first-order valence-electron chi connectivity index (χ1n) is 8.84. The van der Waals surface area contributed by atoms with Crippen molar-refractivity contribution in [2.75, 3.05) is 33.7 Å². The van der Waals surface area contributed by atoms with E-state index in [9.17, 15) is 4.39 Å². The predicted molar refractivity (Wildman–Crippen MR) is 123 cm³/mol. The monoisotopic (exact) mass is 505 g/mol. The van der Waals surface area contributed by atoms with Crippen LogP contribution in [0.25, 0.3) is 0 Å². The fraction of sp³-hybridized carbons (Fsp3) is 0.474. The number of nitrogens with one attached hydrogen (secondary N) is 2. The maximum absolute atomic E-state index is 13.6. The number of halogens is 2. The average molecular weight is 505 g/mol. The molecule has 0 aliphatic heterocycles. The highest BCUT2D eigenvalue weighted by atomic mass is 127. The van der Waals surface area contributed by atoms with Gasteiger partial charge in [0.05, 0.1) is 23.3 Å². The molecule has 0 radical (unpaired) electrons. The zero-order chi connectivity index (χ0) is 18.9. The Morgan fingerprint density at radius 3 is 2.70 bits per heavy atom. The van der Waals surface area contributed by atoms with Crippen molar-refractivity contribution in [3.05, 3.63) is 51.7 Å². The first kappa shape index (κ1) is 23.8. The van der Waals surface area contributed by atoms with E-state index >= 15 is 0 Å². The number of likely N-dealkylation sites (N-methyl/N-ethyl adjacent to an activating group) is 1. The minimum absolute atomic E-state index is 0. The second-order valence-corrected chi connectivity index (χ2v) is 7.35. The number of rotatable bonds is 8. The van der Waals surface area contributed by atoms with Crippen molar-refractivity contribution >= 4 is 41.3 Å². The van der Waals surface area contributed by atoms with Crippen LogP contribution < -0.4 is 10.6 Å². The van der Waals surface area contributed by atoms with Gasteiger partial charge in [0, 0.05) is 24.9 Å². The van der Waals surface area contributed by atoms with Gasteiger partial charge in [-0.05, 0) is 45.6 Å². The van der Waals surface area contributed by atoms with E-state index in [1.807, 2.05) is 34.0 Å². The van der Waals surface area contributed by atoms with E-state index < -0.39 is 0 Å². The quantitative estimate of drug-likeness (QED) is 0.327. The van der Waals surface area contributed by atoms with Gasteiger partial charge in [-0.15, -0.1) is 35.3 Å². The van der Waals surface area contributed by atoms with Crippen LogP contribution in [0.3, 0.4) is 0 Å². The zero-order valence-electron chi connectivity index (χ0n) is 16.3. The molecule has 2 N–H and O–H groups in total. The summed E-state index contributed by atoms with van der Waals surface area (Å²) in [6.45, 7) is 6.15. The van der Waals surface area contributed by atoms with E-state index in [-0.39, 0.29) is 35.8 Å². The highest BCUT2D eigenvalue weighted by Gasteiger charge is 2.14. The van der Waals surface area contributed by atoms with Crippen LogP contribution in [-0.4, -0.2) is 49.6 Å². The number of thiazole rings is 1. The van der Waals surface area contributed by atoms with Gasteiger partial charge >= 0.3 is 0 Å². The number of aromatic nitrogens is 1. The van der Waals surface area contributed by atoms with Gasteiger partial charge in [0.15, 0.2) is 5.96 Å². The molecule has 1 unspecified atom stereocenters. The lowest BCUT2D eigenvalue weighted by molar-refractivity contribution is 0.305. The van der Waals surface area contributed by atoms with E-state index in [0.29, 0.717) is 6.54 Å². The molecule has 0 aliphatic carbocycles. The minimum atomic E-state index is -0.220. The van der Waals surface area contributed by atoms with E-state index in [4.69, 9.17) is 0 Å². The van der Waals surface area contributed by atoms with Gasteiger partial charge in [0.25, 0.3) is 0 Å². The summed E-state index contributed by atoms with van der Waals surface area (Å²) >= 11 is 1.67. The van der Waals surface area contributed by atoms with Crippen molar-refractivity contribution in [3.63, 3.8) is 0 Å². The first-order chi connectivity index (χ1) is 12.5. The van der Waals surface area contributed by atoms with Gasteiger partial charge in [-0.25, -0.2) is 9.37 Å². The van der Waals surface area contributed by atoms with Gasteiger partial charge in [-0.2, -0.15) is 0 Å². The van der Waals surface area contributed by atoms with E-state index in [0.717, 1.165) is 41.7 Å². The van der Waals surface area contributed by atoms with Crippen LogP contribution in [0.1, 0.15) is 29.2 Å². The molecule has 0 bridgehead atoms. The highest BCUT2D eigenvalue weighted by molar-refractivity contribution is 14.0. The number of aliphatic imine (C=N–C) groups is 1. The molecule has 150 valence electrons. The molecule has 27 heavy (non-hydrogen) atoms. The third kappa shape index (κ3) is 8.10. The number of nitrogens with zero attached hydrogens (tertiary/aromatic N) is 3. The Morgan fingerprint density at radius 2 is 2.11 bits per heavy atom. The molecule has 0 fully saturated rings. The van der Waals surface area contributed by atoms with Crippen molar-refractivity contribution in [2.45, 2.75) is 26.3 Å². The molecule has 1 aromatic heterocycles. The summed E-state index contributed by atoms with van der Waals surface area (Å²) in [6, 6.07) is 6.73. The molecule has 1 heterocycles. The number of hydrogen-bond acceptors (Lipinski definition) is 4. The summed E-state index contributed by atoms with van der Waals surface area (Å²) in [5.74, 6) is 0.546. The number of benzene rings is 1. The molecule has 0 aliphatic rings. The Morgan fingerprint density at radius 1 is 1.33 bits per heavy atom. The lowest BCUT2D eigenvalue weighted by Gasteiger charge is -2.23. The van der Waals surface area contributed by atoms with Crippen LogP contribution in [0.2, 0.25) is 0 Å². The van der Waals surface area contributed by atoms with Gasteiger partial charge in [-0.3, -0.25) is 4.99 Å².